The molecule has 2 aromatic carbocycles. The van der Waals surface area contributed by atoms with Gasteiger partial charge in [0.05, 0.1) is 24.6 Å². The Kier molecular flexibility index (Phi) is 4.84. The molecule has 0 aromatic heterocycles. The number of aliphatic hydroxyl groups is 1. The molecule has 0 aliphatic carbocycles. The van der Waals surface area contributed by atoms with Gasteiger partial charge in [-0.1, -0.05) is 30.3 Å². The predicted molar refractivity (Wildman–Crippen MR) is 108 cm³/mol. The van der Waals surface area contributed by atoms with E-state index in [1.165, 1.54) is 13.2 Å². The summed E-state index contributed by atoms with van der Waals surface area (Å²) in [7, 11) is 1.45. The Morgan fingerprint density at radius 3 is 2.36 bits per heavy atom. The van der Waals surface area contributed by atoms with Crippen molar-refractivity contribution in [2.24, 2.45) is 0 Å². The highest BCUT2D eigenvalue weighted by atomic mass is 19.1. The van der Waals surface area contributed by atoms with Crippen LogP contribution in [0.3, 0.4) is 0 Å². The molecule has 0 fully saturated rings. The Balaban J connectivity index is 1.62. The van der Waals surface area contributed by atoms with Crippen molar-refractivity contribution in [3.8, 4) is 39.4 Å². The number of hydrogen-bond donors (Lipinski definition) is 1. The third-order valence-corrected chi connectivity index (χ3v) is 4.70. The van der Waals surface area contributed by atoms with Crippen molar-refractivity contribution in [3.05, 3.63) is 72.8 Å². The van der Waals surface area contributed by atoms with E-state index in [4.69, 9.17) is 9.72 Å². The first kappa shape index (κ1) is 18.2. The van der Waals surface area contributed by atoms with Gasteiger partial charge in [-0.25, -0.2) is 9.37 Å². The third kappa shape index (κ3) is 3.62. The molecular formula is C23H21FN2O2. The van der Waals surface area contributed by atoms with Gasteiger partial charge >= 0.3 is 0 Å². The van der Waals surface area contributed by atoms with Crippen LogP contribution in [0.15, 0.2) is 67.0 Å². The molecule has 28 heavy (non-hydrogen) atoms. The lowest BCUT2D eigenvalue weighted by Crippen LogP contribution is -2.11. The van der Waals surface area contributed by atoms with Crippen LogP contribution in [0.2, 0.25) is 0 Å². The molecule has 2 aliphatic rings. The summed E-state index contributed by atoms with van der Waals surface area (Å²) in [4.78, 5) is 4.71. The second-order valence-corrected chi connectivity index (χ2v) is 6.90. The van der Waals surface area contributed by atoms with E-state index in [0.29, 0.717) is 6.54 Å². The monoisotopic (exact) mass is 376 g/mol. The smallest absolute Gasteiger partial charge is 0.165 e. The normalized spacial score (nSPS) is 12.3. The van der Waals surface area contributed by atoms with Gasteiger partial charge in [-0.05, 0) is 42.3 Å². The number of hydrogen-bond acceptors (Lipinski definition) is 3. The van der Waals surface area contributed by atoms with E-state index in [-0.39, 0.29) is 11.6 Å². The summed E-state index contributed by atoms with van der Waals surface area (Å²) in [5.74, 6) is -0.139. The number of fused-ring (bicyclic) bond motifs is 1. The number of methoxy groups -OCH3 is 1. The van der Waals surface area contributed by atoms with Crippen LogP contribution in [0.4, 0.5) is 4.39 Å². The maximum atomic E-state index is 14.0. The van der Waals surface area contributed by atoms with Gasteiger partial charge in [-0.3, -0.25) is 0 Å². The first-order chi connectivity index (χ1) is 13.5. The Labute approximate surface area is 163 Å². The summed E-state index contributed by atoms with van der Waals surface area (Å²) in [6, 6.07) is 16.9. The number of aliphatic hydroxyl groups excluding tert-OH is 1. The summed E-state index contributed by atoms with van der Waals surface area (Å²) in [6.07, 6.45) is 3.48. The van der Waals surface area contributed by atoms with E-state index in [0.717, 1.165) is 33.6 Å². The van der Waals surface area contributed by atoms with E-state index in [1.54, 1.807) is 13.0 Å². The highest BCUT2D eigenvalue weighted by Crippen LogP contribution is 2.31. The summed E-state index contributed by atoms with van der Waals surface area (Å²) in [6.45, 7) is 2.29. The van der Waals surface area contributed by atoms with Gasteiger partial charge in [0.1, 0.15) is 0 Å². The molecule has 0 amide bonds. The van der Waals surface area contributed by atoms with Gasteiger partial charge in [-0.2, -0.15) is 0 Å². The lowest BCUT2D eigenvalue weighted by molar-refractivity contribution is 0.173. The molecule has 4 nitrogen and oxygen atoms in total. The van der Waals surface area contributed by atoms with Gasteiger partial charge in [0.25, 0.3) is 0 Å². The second-order valence-electron chi connectivity index (χ2n) is 6.90. The molecule has 1 N–H and O–H groups in total. The van der Waals surface area contributed by atoms with Gasteiger partial charge < -0.3 is 14.4 Å². The largest absolute Gasteiger partial charge is 0.494 e. The number of ether oxygens (including phenoxy) is 1. The molecule has 2 aliphatic heterocycles. The summed E-state index contributed by atoms with van der Waals surface area (Å²) in [5, 5.41) is 9.56. The zero-order valence-electron chi connectivity index (χ0n) is 15.8. The van der Waals surface area contributed by atoms with Gasteiger partial charge in [-0.15, -0.1) is 0 Å². The van der Waals surface area contributed by atoms with E-state index in [1.807, 2.05) is 59.4 Å². The molecule has 0 saturated carbocycles. The molecule has 0 radical (unpaired) electrons. The third-order valence-electron chi connectivity index (χ3n) is 4.70. The van der Waals surface area contributed by atoms with Crippen LogP contribution < -0.4 is 4.74 Å². The molecule has 0 unspecified atom stereocenters. The van der Waals surface area contributed by atoms with Crippen molar-refractivity contribution >= 4 is 0 Å². The average Bonchev–Trinajstić information content (AvgIpc) is 3.11. The zero-order chi connectivity index (χ0) is 19.7. The molecule has 2 aromatic rings. The quantitative estimate of drug-likeness (QED) is 0.542. The molecule has 1 atom stereocenters. The van der Waals surface area contributed by atoms with Crippen molar-refractivity contribution in [2.45, 2.75) is 19.6 Å². The number of benzene rings is 2. The van der Waals surface area contributed by atoms with E-state index in [2.05, 4.69) is 0 Å². The van der Waals surface area contributed by atoms with Gasteiger partial charge in [0, 0.05) is 30.1 Å². The van der Waals surface area contributed by atoms with Crippen LogP contribution >= 0.6 is 0 Å². The minimum Gasteiger partial charge on any atom is -0.494 e. The first-order valence-electron chi connectivity index (χ1n) is 9.12. The molecule has 5 heteroatoms. The van der Waals surface area contributed by atoms with Crippen LogP contribution in [0.1, 0.15) is 6.92 Å². The lowest BCUT2D eigenvalue weighted by Gasteiger charge is -2.09. The zero-order valence-corrected chi connectivity index (χ0v) is 15.8. The summed E-state index contributed by atoms with van der Waals surface area (Å²) in [5.41, 5.74) is 5.55. The van der Waals surface area contributed by atoms with Crippen LogP contribution in [0.25, 0.3) is 33.6 Å². The maximum Gasteiger partial charge on any atom is 0.165 e. The van der Waals surface area contributed by atoms with Crippen molar-refractivity contribution < 1.29 is 14.2 Å². The number of rotatable bonds is 5. The highest BCUT2D eigenvalue weighted by molar-refractivity contribution is 5.75. The van der Waals surface area contributed by atoms with Gasteiger partial charge in [0.15, 0.2) is 11.6 Å². The molecule has 0 spiro atoms. The SMILES string of the molecule is COc1ccc(-c2ccc(-c3cc4ccn(C[C@@H](C)O)cc-4n3)cc2)cc1F. The van der Waals surface area contributed by atoms with E-state index >= 15 is 0 Å². The Hall–Kier alpha value is -3.18. The van der Waals surface area contributed by atoms with Crippen LogP contribution in [-0.4, -0.2) is 27.9 Å². The first-order valence-corrected chi connectivity index (χ1v) is 9.12. The summed E-state index contributed by atoms with van der Waals surface area (Å²) < 4.78 is 20.9. The number of halogens is 1. The highest BCUT2D eigenvalue weighted by Gasteiger charge is 2.12. The molecular weight excluding hydrogens is 355 g/mol. The Bertz CT molecular complexity index is 1070. The van der Waals surface area contributed by atoms with Crippen LogP contribution in [0.5, 0.6) is 5.75 Å². The lowest BCUT2D eigenvalue weighted by atomic mass is 10.0. The second kappa shape index (κ2) is 7.44. The molecule has 0 bridgehead atoms. The van der Waals surface area contributed by atoms with Crippen molar-refractivity contribution in [2.75, 3.05) is 7.11 Å². The fourth-order valence-corrected chi connectivity index (χ4v) is 3.31. The molecule has 142 valence electrons. The minimum atomic E-state index is -0.410. The Morgan fingerprint density at radius 1 is 0.964 bits per heavy atom. The molecule has 0 saturated heterocycles. The number of pyridine rings is 1. The maximum absolute atomic E-state index is 14.0. The van der Waals surface area contributed by atoms with Crippen molar-refractivity contribution in [1.82, 2.24) is 9.55 Å². The standard InChI is InChI=1S/C23H21FN2O2/c1-15(27)13-26-10-9-19-12-21(25-22(19)14-26)17-5-3-16(4-6-17)18-7-8-23(28-2)20(24)11-18/h3-12,14-15,27H,13H2,1-2H3/t15-/m1/s1. The van der Waals surface area contributed by atoms with Crippen LogP contribution in [0, 0.1) is 5.82 Å². The van der Waals surface area contributed by atoms with Crippen molar-refractivity contribution in [1.29, 1.82) is 0 Å². The predicted octanol–water partition coefficient (Wildman–Crippen LogP) is 4.85. The molecule has 4 rings (SSSR count). The number of nitrogens with zero attached hydrogens (tertiary/aromatic N) is 2. The van der Waals surface area contributed by atoms with Crippen molar-refractivity contribution in [3.63, 3.8) is 0 Å². The molecule has 2 heterocycles. The fraction of sp³-hybridized carbons (Fsp3) is 0.174. The van der Waals surface area contributed by atoms with E-state index in [9.17, 15) is 9.50 Å². The van der Waals surface area contributed by atoms with E-state index < -0.39 is 6.10 Å². The Morgan fingerprint density at radius 2 is 1.68 bits per heavy atom. The van der Waals surface area contributed by atoms with Crippen LogP contribution in [-0.2, 0) is 6.54 Å². The average molecular weight is 376 g/mol. The van der Waals surface area contributed by atoms with Gasteiger partial charge in [0.2, 0.25) is 0 Å². The fourth-order valence-electron chi connectivity index (χ4n) is 3.31. The summed E-state index contributed by atoms with van der Waals surface area (Å²) >= 11 is 0. The number of aromatic nitrogens is 2. The topological polar surface area (TPSA) is 47.3 Å². The minimum absolute atomic E-state index is 0.237.